The van der Waals surface area contributed by atoms with Gasteiger partial charge in [-0.25, -0.2) is 4.98 Å². The summed E-state index contributed by atoms with van der Waals surface area (Å²) in [6, 6.07) is 5.41. The zero-order valence-corrected chi connectivity index (χ0v) is 17.1. The summed E-state index contributed by atoms with van der Waals surface area (Å²) < 4.78 is 9.99. The van der Waals surface area contributed by atoms with E-state index in [1.54, 1.807) is 25.4 Å². The number of amides is 1. The maximum absolute atomic E-state index is 12.3. The molecule has 0 fully saturated rings. The lowest BCUT2D eigenvalue weighted by Gasteiger charge is -2.09. The molecule has 10 heteroatoms. The second kappa shape index (κ2) is 13.8. The molecule has 2 aromatic rings. The Labute approximate surface area is 169 Å². The van der Waals surface area contributed by atoms with Gasteiger partial charge in [0.1, 0.15) is 10.8 Å². The highest BCUT2D eigenvalue weighted by Gasteiger charge is 2.13. The van der Waals surface area contributed by atoms with Crippen LogP contribution in [-0.2, 0) is 10.5 Å². The molecule has 2 N–H and O–H groups in total. The lowest BCUT2D eigenvalue weighted by molar-refractivity contribution is 0.0950. The van der Waals surface area contributed by atoms with Crippen LogP contribution in [0.3, 0.4) is 0 Å². The SMILES string of the molecule is COCCNCCNC(=O)c1cccnc1SCc1cc(C)on1.Cl.Cl. The van der Waals surface area contributed by atoms with Gasteiger partial charge in [0.15, 0.2) is 0 Å². The van der Waals surface area contributed by atoms with Crippen LogP contribution in [0.1, 0.15) is 21.8 Å². The number of hydrogen-bond acceptors (Lipinski definition) is 7. The quantitative estimate of drug-likeness (QED) is 0.448. The number of rotatable bonds is 10. The normalized spacial score (nSPS) is 9.92. The number of halogens is 2. The van der Waals surface area contributed by atoms with Crippen molar-refractivity contribution in [1.29, 1.82) is 0 Å². The minimum atomic E-state index is -0.129. The van der Waals surface area contributed by atoms with Crippen molar-refractivity contribution in [3.05, 3.63) is 41.4 Å². The smallest absolute Gasteiger partial charge is 0.254 e. The van der Waals surface area contributed by atoms with Gasteiger partial charge in [-0.2, -0.15) is 0 Å². The topological polar surface area (TPSA) is 89.3 Å². The van der Waals surface area contributed by atoms with Crippen LogP contribution in [0, 0.1) is 6.92 Å². The Morgan fingerprint density at radius 3 is 2.81 bits per heavy atom. The minimum absolute atomic E-state index is 0. The number of nitrogens with zero attached hydrogens (tertiary/aromatic N) is 2. The van der Waals surface area contributed by atoms with Gasteiger partial charge in [0, 0.05) is 44.8 Å². The van der Waals surface area contributed by atoms with Crippen LogP contribution < -0.4 is 10.6 Å². The van der Waals surface area contributed by atoms with Gasteiger partial charge in [-0.15, -0.1) is 24.8 Å². The molecule has 2 rings (SSSR count). The van der Waals surface area contributed by atoms with Gasteiger partial charge in [-0.3, -0.25) is 4.79 Å². The van der Waals surface area contributed by atoms with Crippen molar-refractivity contribution in [3.63, 3.8) is 0 Å². The highest BCUT2D eigenvalue weighted by atomic mass is 35.5. The fourth-order valence-electron chi connectivity index (χ4n) is 1.97. The van der Waals surface area contributed by atoms with Crippen molar-refractivity contribution in [2.24, 2.45) is 0 Å². The molecule has 0 radical (unpaired) electrons. The van der Waals surface area contributed by atoms with E-state index in [1.165, 1.54) is 11.8 Å². The number of nitrogens with one attached hydrogen (secondary N) is 2. The molecule has 0 bridgehead atoms. The maximum Gasteiger partial charge on any atom is 0.254 e. The summed E-state index contributed by atoms with van der Waals surface area (Å²) in [6.07, 6.45) is 1.68. The van der Waals surface area contributed by atoms with Gasteiger partial charge >= 0.3 is 0 Å². The highest BCUT2D eigenvalue weighted by Crippen LogP contribution is 2.23. The number of pyridine rings is 1. The van der Waals surface area contributed by atoms with Crippen molar-refractivity contribution < 1.29 is 14.1 Å². The number of ether oxygens (including phenoxy) is 1. The van der Waals surface area contributed by atoms with Crippen LogP contribution in [0.2, 0.25) is 0 Å². The Balaban J connectivity index is 0.00000312. The lowest BCUT2D eigenvalue weighted by Crippen LogP contribution is -2.33. The summed E-state index contributed by atoms with van der Waals surface area (Å²) in [5.41, 5.74) is 1.40. The molecule has 0 saturated heterocycles. The van der Waals surface area contributed by atoms with Crippen LogP contribution in [-0.4, -0.2) is 49.4 Å². The largest absolute Gasteiger partial charge is 0.383 e. The molecule has 0 spiro atoms. The summed E-state index contributed by atoms with van der Waals surface area (Å²) in [5, 5.41) is 10.7. The number of aromatic nitrogens is 2. The van der Waals surface area contributed by atoms with Gasteiger partial charge < -0.3 is 19.9 Å². The molecule has 1 amide bonds. The Morgan fingerprint density at radius 2 is 2.12 bits per heavy atom. The average Bonchev–Trinajstić information content (AvgIpc) is 3.01. The molecule has 0 aliphatic heterocycles. The van der Waals surface area contributed by atoms with E-state index in [0.717, 1.165) is 18.0 Å². The van der Waals surface area contributed by atoms with Crippen LogP contribution >= 0.6 is 36.6 Å². The number of aryl methyl sites for hydroxylation is 1. The summed E-state index contributed by atoms with van der Waals surface area (Å²) in [4.78, 5) is 16.6. The number of hydrogen-bond donors (Lipinski definition) is 2. The fraction of sp³-hybridized carbons (Fsp3) is 0.438. The first kappa shape index (κ1) is 24.7. The number of thioether (sulfide) groups is 1. The van der Waals surface area contributed by atoms with Crippen LogP contribution in [0.15, 0.2) is 33.9 Å². The summed E-state index contributed by atoms with van der Waals surface area (Å²) in [5.74, 6) is 1.24. The van der Waals surface area contributed by atoms with E-state index in [1.807, 2.05) is 13.0 Å². The Hall–Kier alpha value is -1.32. The van der Waals surface area contributed by atoms with Crippen LogP contribution in [0.5, 0.6) is 0 Å². The number of methoxy groups -OCH3 is 1. The standard InChI is InChI=1S/C16H22N4O3S.2ClH/c1-12-10-13(20-23-12)11-24-16-14(4-3-5-19-16)15(21)18-7-6-17-8-9-22-2;;/h3-5,10,17H,6-9,11H2,1-2H3,(H,18,21);2*1H. The van der Waals surface area contributed by atoms with Crippen molar-refractivity contribution in [1.82, 2.24) is 20.8 Å². The molecule has 7 nitrogen and oxygen atoms in total. The van der Waals surface area contributed by atoms with E-state index in [-0.39, 0.29) is 30.7 Å². The van der Waals surface area contributed by atoms with Crippen molar-refractivity contribution in [2.75, 3.05) is 33.4 Å². The predicted octanol–water partition coefficient (Wildman–Crippen LogP) is 2.48. The molecule has 2 heterocycles. The monoisotopic (exact) mass is 422 g/mol. The fourth-order valence-corrected chi connectivity index (χ4v) is 2.84. The van der Waals surface area contributed by atoms with E-state index in [9.17, 15) is 4.79 Å². The third-order valence-corrected chi connectivity index (χ3v) is 4.16. The first-order chi connectivity index (χ1) is 11.7. The Kier molecular flexibility index (Phi) is 13.1. The van der Waals surface area contributed by atoms with E-state index >= 15 is 0 Å². The van der Waals surface area contributed by atoms with Gasteiger partial charge in [0.25, 0.3) is 5.91 Å². The molecule has 0 atom stereocenters. The first-order valence-corrected chi connectivity index (χ1v) is 8.67. The third kappa shape index (κ3) is 8.37. The van der Waals surface area contributed by atoms with E-state index in [4.69, 9.17) is 9.26 Å². The molecule has 26 heavy (non-hydrogen) atoms. The molecule has 0 aromatic carbocycles. The van der Waals surface area contributed by atoms with Crippen LogP contribution in [0.4, 0.5) is 0 Å². The summed E-state index contributed by atoms with van der Waals surface area (Å²) in [7, 11) is 1.66. The Bertz CT molecular complexity index is 658. The lowest BCUT2D eigenvalue weighted by atomic mass is 10.2. The molecular weight excluding hydrogens is 399 g/mol. The van der Waals surface area contributed by atoms with Crippen molar-refractivity contribution in [3.8, 4) is 0 Å². The maximum atomic E-state index is 12.3. The van der Waals surface area contributed by atoms with E-state index in [2.05, 4.69) is 20.8 Å². The van der Waals surface area contributed by atoms with E-state index < -0.39 is 0 Å². The number of carbonyl (C=O) groups excluding carboxylic acids is 1. The molecule has 0 saturated carbocycles. The van der Waals surface area contributed by atoms with Gasteiger partial charge in [-0.1, -0.05) is 16.9 Å². The third-order valence-electron chi connectivity index (χ3n) is 3.12. The number of carbonyl (C=O) groups is 1. The molecule has 2 aromatic heterocycles. The molecular formula is C16H24Cl2N4O3S. The minimum Gasteiger partial charge on any atom is -0.383 e. The molecule has 146 valence electrons. The van der Waals surface area contributed by atoms with Gasteiger partial charge in [-0.05, 0) is 19.1 Å². The van der Waals surface area contributed by atoms with Crippen molar-refractivity contribution >= 4 is 42.5 Å². The van der Waals surface area contributed by atoms with Gasteiger partial charge in [0.05, 0.1) is 17.9 Å². The zero-order valence-electron chi connectivity index (χ0n) is 14.7. The molecule has 0 aliphatic carbocycles. The second-order valence-corrected chi connectivity index (χ2v) is 6.04. The van der Waals surface area contributed by atoms with E-state index in [0.29, 0.717) is 36.0 Å². The predicted molar refractivity (Wildman–Crippen MR) is 107 cm³/mol. The average molecular weight is 423 g/mol. The highest BCUT2D eigenvalue weighted by molar-refractivity contribution is 7.98. The summed E-state index contributed by atoms with van der Waals surface area (Å²) >= 11 is 1.47. The first-order valence-electron chi connectivity index (χ1n) is 7.68. The second-order valence-electron chi connectivity index (χ2n) is 5.07. The molecule has 0 aliphatic rings. The van der Waals surface area contributed by atoms with Gasteiger partial charge in [0.2, 0.25) is 0 Å². The van der Waals surface area contributed by atoms with Crippen LogP contribution in [0.25, 0.3) is 0 Å². The summed E-state index contributed by atoms with van der Waals surface area (Å²) in [6.45, 7) is 4.50. The zero-order chi connectivity index (χ0) is 17.2. The molecule has 0 unspecified atom stereocenters. The Morgan fingerprint density at radius 1 is 1.31 bits per heavy atom. The van der Waals surface area contributed by atoms with Crippen molar-refractivity contribution in [2.45, 2.75) is 17.7 Å².